The van der Waals surface area contributed by atoms with Crippen LogP contribution in [0.2, 0.25) is 0 Å². The summed E-state index contributed by atoms with van der Waals surface area (Å²) in [6.45, 7) is 3.64. The highest BCUT2D eigenvalue weighted by Gasteiger charge is 2.32. The van der Waals surface area contributed by atoms with Gasteiger partial charge in [0.05, 0.1) is 10.6 Å². The van der Waals surface area contributed by atoms with E-state index < -0.39 is 15.4 Å². The fourth-order valence-corrected chi connectivity index (χ4v) is 3.30. The Kier molecular flexibility index (Phi) is 3.45. The van der Waals surface area contributed by atoms with Crippen LogP contribution in [0.3, 0.4) is 0 Å². The molecule has 0 amide bonds. The van der Waals surface area contributed by atoms with Crippen LogP contribution < -0.4 is 11.5 Å². The largest absolute Gasteiger partial charge is 0.398 e. The van der Waals surface area contributed by atoms with Gasteiger partial charge in [-0.1, -0.05) is 26.0 Å². The molecule has 1 aliphatic carbocycles. The zero-order valence-corrected chi connectivity index (χ0v) is 12.1. The summed E-state index contributed by atoms with van der Waals surface area (Å²) in [5, 5.41) is 0. The van der Waals surface area contributed by atoms with Gasteiger partial charge in [-0.25, -0.2) is 8.42 Å². The predicted molar refractivity (Wildman–Crippen MR) is 77.1 cm³/mol. The lowest BCUT2D eigenvalue weighted by Crippen LogP contribution is -2.38. The first kappa shape index (κ1) is 14.1. The van der Waals surface area contributed by atoms with Gasteiger partial charge in [0.1, 0.15) is 0 Å². The first-order valence-electron chi connectivity index (χ1n) is 6.46. The fourth-order valence-electron chi connectivity index (χ4n) is 2.39. The van der Waals surface area contributed by atoms with Gasteiger partial charge in [-0.15, -0.1) is 0 Å². The van der Waals surface area contributed by atoms with Crippen LogP contribution in [-0.4, -0.2) is 14.2 Å². The molecule has 1 atom stereocenters. The highest BCUT2D eigenvalue weighted by molar-refractivity contribution is 7.91. The highest BCUT2D eigenvalue weighted by atomic mass is 32.2. The summed E-state index contributed by atoms with van der Waals surface area (Å²) in [6, 6.07) is 5.07. The van der Waals surface area contributed by atoms with Crippen LogP contribution in [0.5, 0.6) is 0 Å². The summed E-state index contributed by atoms with van der Waals surface area (Å²) >= 11 is 0. The first-order valence-corrected chi connectivity index (χ1v) is 8.11. The zero-order chi connectivity index (χ0) is 14.3. The number of nitrogens with two attached hydrogens (primary N) is 2. The molecule has 4 nitrogen and oxygen atoms in total. The van der Waals surface area contributed by atoms with Gasteiger partial charge < -0.3 is 11.5 Å². The molecule has 0 aliphatic heterocycles. The van der Waals surface area contributed by atoms with Crippen LogP contribution >= 0.6 is 0 Å². The van der Waals surface area contributed by atoms with Crippen molar-refractivity contribution in [2.75, 3.05) is 5.75 Å². The third kappa shape index (κ3) is 2.28. The van der Waals surface area contributed by atoms with Crippen LogP contribution in [0.25, 0.3) is 5.70 Å². The van der Waals surface area contributed by atoms with Crippen molar-refractivity contribution >= 4 is 15.5 Å². The molecular weight excluding hydrogens is 260 g/mol. The van der Waals surface area contributed by atoms with Crippen molar-refractivity contribution in [2.24, 2.45) is 11.5 Å². The molecule has 0 bridgehead atoms. The van der Waals surface area contributed by atoms with E-state index in [1.165, 1.54) is 0 Å². The molecule has 0 aromatic heterocycles. The maximum absolute atomic E-state index is 12.0. The molecule has 0 heterocycles. The van der Waals surface area contributed by atoms with Gasteiger partial charge >= 0.3 is 0 Å². The van der Waals surface area contributed by atoms with Crippen LogP contribution in [0.4, 0.5) is 0 Å². The lowest BCUT2D eigenvalue weighted by molar-refractivity contribution is 0.427. The number of sulfone groups is 1. The standard InChI is InChI=1S/C14H20N2O2S/c1-3-14(16)8-7-13(15)11-6-5-10(9-12(11)14)19(17,18)4-2/h5-7,9H,3-4,8,15-16H2,1-2H3. The smallest absolute Gasteiger partial charge is 0.178 e. The second kappa shape index (κ2) is 4.65. The van der Waals surface area contributed by atoms with Crippen LogP contribution in [0.1, 0.15) is 37.8 Å². The third-order valence-electron chi connectivity index (χ3n) is 3.89. The van der Waals surface area contributed by atoms with Crippen molar-refractivity contribution in [3.8, 4) is 0 Å². The molecule has 0 saturated heterocycles. The second-order valence-electron chi connectivity index (χ2n) is 4.98. The van der Waals surface area contributed by atoms with Gasteiger partial charge in [0.25, 0.3) is 0 Å². The molecule has 5 heteroatoms. The molecule has 2 rings (SSSR count). The molecule has 1 aliphatic rings. The first-order chi connectivity index (χ1) is 8.84. The average molecular weight is 280 g/mol. The van der Waals surface area contributed by atoms with Gasteiger partial charge in [0, 0.05) is 16.8 Å². The predicted octanol–water partition coefficient (Wildman–Crippen LogP) is 1.75. The lowest BCUT2D eigenvalue weighted by atomic mass is 9.78. The number of hydrogen-bond acceptors (Lipinski definition) is 4. The lowest BCUT2D eigenvalue weighted by Gasteiger charge is -2.34. The summed E-state index contributed by atoms with van der Waals surface area (Å²) in [5.74, 6) is 0.0841. The van der Waals surface area contributed by atoms with Crippen molar-refractivity contribution in [3.05, 3.63) is 35.4 Å². The second-order valence-corrected chi connectivity index (χ2v) is 7.26. The quantitative estimate of drug-likeness (QED) is 0.883. The van der Waals surface area contributed by atoms with Gasteiger partial charge in [-0.2, -0.15) is 0 Å². The Labute approximate surface area is 114 Å². The summed E-state index contributed by atoms with van der Waals surface area (Å²) in [4.78, 5) is 0.326. The topological polar surface area (TPSA) is 86.2 Å². The number of rotatable bonds is 3. The molecule has 0 spiro atoms. The molecule has 1 unspecified atom stereocenters. The Morgan fingerprint density at radius 3 is 2.58 bits per heavy atom. The van der Waals surface area contributed by atoms with Crippen LogP contribution in [0.15, 0.2) is 29.2 Å². The number of fused-ring (bicyclic) bond motifs is 1. The van der Waals surface area contributed by atoms with E-state index in [4.69, 9.17) is 11.5 Å². The maximum Gasteiger partial charge on any atom is 0.178 e. The van der Waals surface area contributed by atoms with Crippen molar-refractivity contribution < 1.29 is 8.42 Å². The minimum Gasteiger partial charge on any atom is -0.398 e. The van der Waals surface area contributed by atoms with E-state index in [0.29, 0.717) is 17.0 Å². The number of benzene rings is 1. The Morgan fingerprint density at radius 1 is 1.32 bits per heavy atom. The Bertz CT molecular complexity index is 635. The normalized spacial score (nSPS) is 22.8. The van der Waals surface area contributed by atoms with Crippen molar-refractivity contribution in [2.45, 2.75) is 37.1 Å². The molecule has 0 radical (unpaired) electrons. The van der Waals surface area contributed by atoms with E-state index in [1.54, 1.807) is 25.1 Å². The maximum atomic E-state index is 12.0. The molecule has 1 aromatic carbocycles. The molecule has 19 heavy (non-hydrogen) atoms. The van der Waals surface area contributed by atoms with E-state index in [2.05, 4.69) is 0 Å². The summed E-state index contributed by atoms with van der Waals surface area (Å²) in [6.07, 6.45) is 3.29. The van der Waals surface area contributed by atoms with Gasteiger partial charge in [-0.3, -0.25) is 0 Å². The van der Waals surface area contributed by atoms with Crippen molar-refractivity contribution in [3.63, 3.8) is 0 Å². The van der Waals surface area contributed by atoms with Crippen LogP contribution in [0, 0.1) is 0 Å². The van der Waals surface area contributed by atoms with Crippen molar-refractivity contribution in [1.82, 2.24) is 0 Å². The van der Waals surface area contributed by atoms with E-state index in [1.807, 2.05) is 13.0 Å². The summed E-state index contributed by atoms with van der Waals surface area (Å²) in [7, 11) is -3.22. The van der Waals surface area contributed by atoms with Gasteiger partial charge in [0.2, 0.25) is 0 Å². The molecule has 4 N–H and O–H groups in total. The molecular formula is C14H20N2O2S. The SMILES string of the molecule is CCC1(N)CC=C(N)c2ccc(S(=O)(=O)CC)cc21. The third-order valence-corrected chi connectivity index (χ3v) is 5.63. The molecule has 1 aromatic rings. The van der Waals surface area contributed by atoms with Gasteiger partial charge in [0.15, 0.2) is 9.84 Å². The number of hydrogen-bond donors (Lipinski definition) is 2. The highest BCUT2D eigenvalue weighted by Crippen LogP contribution is 2.37. The zero-order valence-electron chi connectivity index (χ0n) is 11.3. The Balaban J connectivity index is 2.67. The molecule has 0 fully saturated rings. The average Bonchev–Trinajstić information content (AvgIpc) is 2.43. The van der Waals surface area contributed by atoms with E-state index in [-0.39, 0.29) is 5.75 Å². The Hall–Kier alpha value is -1.33. The summed E-state index contributed by atoms with van der Waals surface area (Å²) < 4.78 is 24.0. The van der Waals surface area contributed by atoms with E-state index in [0.717, 1.165) is 17.5 Å². The minimum absolute atomic E-state index is 0.0841. The van der Waals surface area contributed by atoms with E-state index >= 15 is 0 Å². The minimum atomic E-state index is -3.22. The summed E-state index contributed by atoms with van der Waals surface area (Å²) in [5.41, 5.74) is 14.2. The monoisotopic (exact) mass is 280 g/mol. The van der Waals surface area contributed by atoms with Gasteiger partial charge in [-0.05, 0) is 30.5 Å². The van der Waals surface area contributed by atoms with Crippen LogP contribution in [-0.2, 0) is 15.4 Å². The Morgan fingerprint density at radius 2 is 2.00 bits per heavy atom. The fraction of sp³-hybridized carbons (Fsp3) is 0.429. The molecule has 104 valence electrons. The van der Waals surface area contributed by atoms with Crippen molar-refractivity contribution in [1.29, 1.82) is 0 Å². The molecule has 0 saturated carbocycles. The van der Waals surface area contributed by atoms with E-state index in [9.17, 15) is 8.42 Å².